The van der Waals surface area contributed by atoms with Crippen molar-refractivity contribution in [2.45, 2.75) is 38.6 Å². The molecule has 1 aromatic carbocycles. The Morgan fingerprint density at radius 3 is 2.67 bits per heavy atom. The highest BCUT2D eigenvalue weighted by molar-refractivity contribution is 5.42. The molecule has 0 amide bonds. The van der Waals surface area contributed by atoms with Crippen molar-refractivity contribution < 1.29 is 14.9 Å². The number of aliphatic hydroxyl groups excluding tert-OH is 1. The second kappa shape index (κ2) is 7.66. The fourth-order valence-electron chi connectivity index (χ4n) is 3.20. The number of aliphatic hydroxyl groups is 1. The van der Waals surface area contributed by atoms with Crippen molar-refractivity contribution in [3.05, 3.63) is 23.8 Å². The van der Waals surface area contributed by atoms with E-state index < -0.39 is 0 Å². The van der Waals surface area contributed by atoms with Gasteiger partial charge in [0.1, 0.15) is 0 Å². The van der Waals surface area contributed by atoms with E-state index in [1.807, 2.05) is 12.1 Å². The van der Waals surface area contributed by atoms with Crippen molar-refractivity contribution >= 4 is 0 Å². The molecule has 0 aliphatic heterocycles. The highest BCUT2D eigenvalue weighted by Crippen LogP contribution is 2.31. The van der Waals surface area contributed by atoms with Gasteiger partial charge in [-0.25, -0.2) is 0 Å². The Kier molecular flexibility index (Phi) is 5.88. The Hall–Kier alpha value is -1.26. The van der Waals surface area contributed by atoms with Crippen LogP contribution in [0.4, 0.5) is 0 Å². The lowest BCUT2D eigenvalue weighted by atomic mass is 9.79. The van der Waals surface area contributed by atoms with Gasteiger partial charge >= 0.3 is 0 Å². The first-order chi connectivity index (χ1) is 10.2. The number of nitrogens with one attached hydrogen (secondary N) is 1. The third-order valence-electron chi connectivity index (χ3n) is 4.69. The summed E-state index contributed by atoms with van der Waals surface area (Å²) in [6.45, 7) is 3.34. The van der Waals surface area contributed by atoms with Crippen LogP contribution in [-0.4, -0.2) is 30.5 Å². The molecule has 4 heteroatoms. The van der Waals surface area contributed by atoms with Gasteiger partial charge in [-0.05, 0) is 55.8 Å². The van der Waals surface area contributed by atoms with Gasteiger partial charge in [0.05, 0.1) is 7.11 Å². The average Bonchev–Trinajstić information content (AvgIpc) is 2.53. The predicted molar refractivity (Wildman–Crippen MR) is 83.6 cm³/mol. The van der Waals surface area contributed by atoms with E-state index in [2.05, 4.69) is 12.2 Å². The van der Waals surface area contributed by atoms with Crippen LogP contribution in [0.15, 0.2) is 18.2 Å². The number of aromatic hydroxyl groups is 1. The lowest BCUT2D eigenvalue weighted by Gasteiger charge is -2.31. The summed E-state index contributed by atoms with van der Waals surface area (Å²) in [7, 11) is 1.56. The van der Waals surface area contributed by atoms with Crippen molar-refractivity contribution in [3.8, 4) is 11.5 Å². The molecule has 1 aliphatic rings. The second-order valence-electron chi connectivity index (χ2n) is 6.05. The molecule has 0 radical (unpaired) electrons. The number of ether oxygens (including phenoxy) is 1. The van der Waals surface area contributed by atoms with E-state index in [0.29, 0.717) is 24.2 Å². The highest BCUT2D eigenvalue weighted by Gasteiger charge is 2.24. The zero-order valence-electron chi connectivity index (χ0n) is 13.0. The van der Waals surface area contributed by atoms with Crippen molar-refractivity contribution in [2.24, 2.45) is 11.8 Å². The molecule has 0 heterocycles. The quantitative estimate of drug-likeness (QED) is 0.755. The first-order valence-electron chi connectivity index (χ1n) is 7.86. The van der Waals surface area contributed by atoms with Crippen LogP contribution in [-0.2, 0) is 0 Å². The zero-order chi connectivity index (χ0) is 15.2. The third kappa shape index (κ3) is 4.11. The maximum absolute atomic E-state index is 9.64. The van der Waals surface area contributed by atoms with Crippen LogP contribution < -0.4 is 10.1 Å². The van der Waals surface area contributed by atoms with Gasteiger partial charge in [-0.1, -0.05) is 18.9 Å². The van der Waals surface area contributed by atoms with Crippen LogP contribution in [0.5, 0.6) is 11.5 Å². The Balaban J connectivity index is 1.93. The predicted octanol–water partition coefficient (Wildman–Crippen LogP) is 2.85. The Morgan fingerprint density at radius 2 is 2.00 bits per heavy atom. The molecule has 0 aromatic heterocycles. The average molecular weight is 293 g/mol. The number of methoxy groups -OCH3 is 1. The van der Waals surface area contributed by atoms with E-state index in [-0.39, 0.29) is 11.8 Å². The van der Waals surface area contributed by atoms with Gasteiger partial charge in [-0.15, -0.1) is 0 Å². The lowest BCUT2D eigenvalue weighted by Crippen LogP contribution is -2.33. The molecule has 3 unspecified atom stereocenters. The summed E-state index contributed by atoms with van der Waals surface area (Å²) in [6, 6.07) is 5.65. The van der Waals surface area contributed by atoms with Gasteiger partial charge in [0, 0.05) is 12.6 Å². The molecule has 4 nitrogen and oxygen atoms in total. The standard InChI is InChI=1S/C17H27NO3/c1-12(13-7-8-16(20)17(9-13)21-2)18-10-14-5-3-4-6-15(14)11-19/h7-9,12,14-15,18-20H,3-6,10-11H2,1-2H3. The molecule has 118 valence electrons. The van der Waals surface area contributed by atoms with Crippen LogP contribution in [0.25, 0.3) is 0 Å². The molecular formula is C17H27NO3. The molecule has 21 heavy (non-hydrogen) atoms. The summed E-state index contributed by atoms with van der Waals surface area (Å²) in [5, 5.41) is 22.7. The molecule has 0 saturated heterocycles. The van der Waals surface area contributed by atoms with E-state index in [4.69, 9.17) is 4.74 Å². The van der Waals surface area contributed by atoms with E-state index in [1.54, 1.807) is 13.2 Å². The lowest BCUT2D eigenvalue weighted by molar-refractivity contribution is 0.131. The first-order valence-corrected chi connectivity index (χ1v) is 7.86. The van der Waals surface area contributed by atoms with Crippen LogP contribution in [0.1, 0.15) is 44.2 Å². The molecule has 3 N–H and O–H groups in total. The molecule has 0 spiro atoms. The van der Waals surface area contributed by atoms with E-state index >= 15 is 0 Å². The van der Waals surface area contributed by atoms with Crippen molar-refractivity contribution in [1.29, 1.82) is 0 Å². The van der Waals surface area contributed by atoms with Gasteiger partial charge in [0.2, 0.25) is 0 Å². The van der Waals surface area contributed by atoms with E-state index in [0.717, 1.165) is 18.5 Å². The summed E-state index contributed by atoms with van der Waals surface area (Å²) in [5.74, 6) is 1.67. The van der Waals surface area contributed by atoms with Crippen LogP contribution >= 0.6 is 0 Å². The summed E-state index contributed by atoms with van der Waals surface area (Å²) in [5.41, 5.74) is 1.10. The number of rotatable bonds is 6. The van der Waals surface area contributed by atoms with E-state index in [1.165, 1.54) is 19.3 Å². The Morgan fingerprint density at radius 1 is 1.29 bits per heavy atom. The number of hydrogen-bond acceptors (Lipinski definition) is 4. The summed E-state index contributed by atoms with van der Waals surface area (Å²) >= 11 is 0. The summed E-state index contributed by atoms with van der Waals surface area (Å²) in [6.07, 6.45) is 4.85. The molecule has 1 saturated carbocycles. The van der Waals surface area contributed by atoms with Gasteiger partial charge in [-0.2, -0.15) is 0 Å². The molecule has 1 aliphatic carbocycles. The molecule has 1 aromatic rings. The maximum atomic E-state index is 9.64. The van der Waals surface area contributed by atoms with Crippen molar-refractivity contribution in [2.75, 3.05) is 20.3 Å². The minimum atomic E-state index is 0.168. The molecule has 2 rings (SSSR count). The van der Waals surface area contributed by atoms with Crippen LogP contribution in [0.3, 0.4) is 0 Å². The monoisotopic (exact) mass is 293 g/mol. The first kappa shape index (κ1) is 16.1. The minimum Gasteiger partial charge on any atom is -0.504 e. The van der Waals surface area contributed by atoms with Crippen molar-refractivity contribution in [1.82, 2.24) is 5.32 Å². The molecular weight excluding hydrogens is 266 g/mol. The van der Waals surface area contributed by atoms with Crippen molar-refractivity contribution in [3.63, 3.8) is 0 Å². The molecule has 1 fully saturated rings. The van der Waals surface area contributed by atoms with Crippen LogP contribution in [0.2, 0.25) is 0 Å². The fourth-order valence-corrected chi connectivity index (χ4v) is 3.20. The normalized spacial score (nSPS) is 23.8. The highest BCUT2D eigenvalue weighted by atomic mass is 16.5. The van der Waals surface area contributed by atoms with Gasteiger partial charge in [-0.3, -0.25) is 0 Å². The fraction of sp³-hybridized carbons (Fsp3) is 0.647. The largest absolute Gasteiger partial charge is 0.504 e. The molecule has 0 bridgehead atoms. The SMILES string of the molecule is COc1cc(C(C)NCC2CCCCC2CO)ccc1O. The van der Waals surface area contributed by atoms with Gasteiger partial charge in [0.25, 0.3) is 0 Å². The number of hydrogen-bond donors (Lipinski definition) is 3. The second-order valence-corrected chi connectivity index (χ2v) is 6.05. The number of phenolic OH excluding ortho intramolecular Hbond substituents is 1. The van der Waals surface area contributed by atoms with Gasteiger partial charge < -0.3 is 20.3 Å². The van der Waals surface area contributed by atoms with E-state index in [9.17, 15) is 10.2 Å². The van der Waals surface area contributed by atoms with Gasteiger partial charge in [0.15, 0.2) is 11.5 Å². The smallest absolute Gasteiger partial charge is 0.160 e. The topological polar surface area (TPSA) is 61.7 Å². The zero-order valence-corrected chi connectivity index (χ0v) is 13.0. The van der Waals surface area contributed by atoms with Crippen LogP contribution in [0, 0.1) is 11.8 Å². The third-order valence-corrected chi connectivity index (χ3v) is 4.69. The number of phenols is 1. The Bertz CT molecular complexity index is 450. The summed E-state index contributed by atoms with van der Waals surface area (Å²) in [4.78, 5) is 0. The Labute approximate surface area is 127 Å². The summed E-state index contributed by atoms with van der Waals surface area (Å²) < 4.78 is 5.15. The maximum Gasteiger partial charge on any atom is 0.160 e. The number of benzene rings is 1. The molecule has 3 atom stereocenters. The minimum absolute atomic E-state index is 0.168.